The van der Waals surface area contributed by atoms with Gasteiger partial charge >= 0.3 is 6.55 Å². The van der Waals surface area contributed by atoms with Gasteiger partial charge in [0, 0.05) is 41.0 Å². The Morgan fingerprint density at radius 2 is 1.86 bits per heavy atom. The molecule has 4 heterocycles. The van der Waals surface area contributed by atoms with Gasteiger partial charge in [-0.2, -0.15) is 18.9 Å². The molecule has 1 saturated heterocycles. The number of anilines is 1. The van der Waals surface area contributed by atoms with Gasteiger partial charge in [0.1, 0.15) is 17.7 Å². The molecule has 1 fully saturated rings. The zero-order valence-electron chi connectivity index (χ0n) is 19.2. The van der Waals surface area contributed by atoms with Gasteiger partial charge in [-0.3, -0.25) is 0 Å². The molecule has 0 N–H and O–H groups in total. The summed E-state index contributed by atoms with van der Waals surface area (Å²) >= 11 is 0. The van der Waals surface area contributed by atoms with E-state index in [1.54, 1.807) is 0 Å². The largest absolute Gasteiger partial charge is 0.367 e. The number of pyridine rings is 1. The molecule has 1 aromatic carbocycles. The fraction of sp³-hybridized carbons (Fsp3) is 0.333. The zero-order valence-corrected chi connectivity index (χ0v) is 19.2. The van der Waals surface area contributed by atoms with E-state index in [1.165, 1.54) is 24.5 Å². The average molecular weight is 486 g/mol. The molecule has 0 amide bonds. The van der Waals surface area contributed by atoms with Crippen LogP contribution in [0.15, 0.2) is 36.7 Å². The maximum absolute atomic E-state index is 14.8. The van der Waals surface area contributed by atoms with Crippen molar-refractivity contribution in [3.63, 3.8) is 0 Å². The molecule has 11 heteroatoms. The lowest BCUT2D eigenvalue weighted by Crippen LogP contribution is -2.43. The molecule has 0 spiro atoms. The molecular weight excluding hydrogens is 464 g/mol. The highest BCUT2D eigenvalue weighted by Crippen LogP contribution is 2.33. The van der Waals surface area contributed by atoms with Crippen LogP contribution >= 0.6 is 0 Å². The maximum Gasteiger partial charge on any atom is 0.333 e. The molecule has 0 saturated carbocycles. The summed E-state index contributed by atoms with van der Waals surface area (Å²) in [6.45, 7) is 3.51. The van der Waals surface area contributed by atoms with Crippen molar-refractivity contribution in [1.29, 1.82) is 0 Å². The number of ether oxygens (including phenoxy) is 1. The first kappa shape index (κ1) is 23.2. The fourth-order valence-electron chi connectivity index (χ4n) is 4.19. The first-order valence-corrected chi connectivity index (χ1v) is 11.0. The number of benzene rings is 1. The van der Waals surface area contributed by atoms with Crippen molar-refractivity contribution >= 4 is 17.0 Å². The number of aromatic nitrogens is 5. The first-order chi connectivity index (χ1) is 16.7. The summed E-state index contributed by atoms with van der Waals surface area (Å²) in [6.07, 6.45) is 1.77. The normalized spacial score (nSPS) is 18.6. The van der Waals surface area contributed by atoms with E-state index in [1.807, 2.05) is 31.7 Å². The molecule has 3 aromatic heterocycles. The third kappa shape index (κ3) is 4.43. The lowest BCUT2D eigenvalue weighted by molar-refractivity contribution is -0.0181. The topological polar surface area (TPSA) is 69.0 Å². The Morgan fingerprint density at radius 3 is 2.57 bits per heavy atom. The Balaban J connectivity index is 1.60. The SMILES string of the molecule is Cc1cc2c(-c3ccc(F)cc3F)nc(N3C[C@@H](C)O[C@@H](c4cnn(C(F)F)c4)C3)nc2nc1C. The van der Waals surface area contributed by atoms with Gasteiger partial charge in [0.2, 0.25) is 5.95 Å². The maximum atomic E-state index is 14.8. The van der Waals surface area contributed by atoms with E-state index in [-0.39, 0.29) is 24.2 Å². The van der Waals surface area contributed by atoms with Gasteiger partial charge in [0.25, 0.3) is 0 Å². The van der Waals surface area contributed by atoms with Crippen molar-refractivity contribution in [1.82, 2.24) is 24.7 Å². The van der Waals surface area contributed by atoms with E-state index in [2.05, 4.69) is 20.1 Å². The monoisotopic (exact) mass is 486 g/mol. The predicted octanol–water partition coefficient (Wildman–Crippen LogP) is 5.14. The molecule has 1 aliphatic heterocycles. The minimum Gasteiger partial charge on any atom is -0.367 e. The average Bonchev–Trinajstić information content (AvgIpc) is 3.30. The van der Waals surface area contributed by atoms with Crippen molar-refractivity contribution < 1.29 is 22.3 Å². The standard InChI is InChI=1S/C24H22F4N6O/c1-12-6-18-21(17-5-4-16(25)7-19(17)26)31-24(32-22(18)30-14(12)3)33-9-13(2)35-20(11-33)15-8-29-34(10-15)23(27)28/h4-8,10,13,20,23H,9,11H2,1-3H3/t13-,20-/m1/s1. The molecule has 5 rings (SSSR count). The molecule has 35 heavy (non-hydrogen) atoms. The van der Waals surface area contributed by atoms with Gasteiger partial charge in [-0.15, -0.1) is 0 Å². The van der Waals surface area contributed by atoms with Crippen LogP contribution in [0.3, 0.4) is 0 Å². The first-order valence-electron chi connectivity index (χ1n) is 11.0. The number of rotatable bonds is 4. The number of hydrogen-bond acceptors (Lipinski definition) is 6. The zero-order chi connectivity index (χ0) is 24.9. The van der Waals surface area contributed by atoms with Crippen molar-refractivity contribution in [2.24, 2.45) is 0 Å². The number of halogens is 4. The summed E-state index contributed by atoms with van der Waals surface area (Å²) in [7, 11) is 0. The van der Waals surface area contributed by atoms with Crippen LogP contribution in [0.5, 0.6) is 0 Å². The fourth-order valence-corrected chi connectivity index (χ4v) is 4.19. The van der Waals surface area contributed by atoms with Gasteiger partial charge in [-0.25, -0.2) is 23.4 Å². The molecule has 182 valence electrons. The number of morpholine rings is 1. The minimum absolute atomic E-state index is 0.126. The number of aryl methyl sites for hydroxylation is 2. The van der Waals surface area contributed by atoms with E-state index < -0.39 is 24.3 Å². The van der Waals surface area contributed by atoms with E-state index in [4.69, 9.17) is 4.74 Å². The smallest absolute Gasteiger partial charge is 0.333 e. The third-order valence-electron chi connectivity index (χ3n) is 6.04. The number of hydrogen-bond donors (Lipinski definition) is 0. The minimum atomic E-state index is -2.75. The highest BCUT2D eigenvalue weighted by molar-refractivity contribution is 5.92. The molecule has 2 atom stereocenters. The van der Waals surface area contributed by atoms with Gasteiger partial charge in [-0.1, -0.05) is 0 Å². The summed E-state index contributed by atoms with van der Waals surface area (Å²) in [6, 6.07) is 5.16. The van der Waals surface area contributed by atoms with E-state index >= 15 is 0 Å². The lowest BCUT2D eigenvalue weighted by Gasteiger charge is -2.36. The Morgan fingerprint density at radius 1 is 1.06 bits per heavy atom. The summed E-state index contributed by atoms with van der Waals surface area (Å²) in [5.41, 5.74) is 2.93. The van der Waals surface area contributed by atoms with E-state index in [0.29, 0.717) is 33.5 Å². The molecular formula is C24H22F4N6O. The highest BCUT2D eigenvalue weighted by Gasteiger charge is 2.30. The number of fused-ring (bicyclic) bond motifs is 1. The highest BCUT2D eigenvalue weighted by atomic mass is 19.3. The Bertz CT molecular complexity index is 1410. The lowest BCUT2D eigenvalue weighted by atomic mass is 10.1. The van der Waals surface area contributed by atoms with Crippen molar-refractivity contribution in [3.05, 3.63) is 65.1 Å². The van der Waals surface area contributed by atoms with E-state index in [0.717, 1.165) is 17.3 Å². The van der Waals surface area contributed by atoms with Crippen molar-refractivity contribution in [2.45, 2.75) is 39.5 Å². The predicted molar refractivity (Wildman–Crippen MR) is 121 cm³/mol. The Labute approximate surface area is 198 Å². The van der Waals surface area contributed by atoms with Crippen LogP contribution in [0, 0.1) is 25.5 Å². The van der Waals surface area contributed by atoms with Crippen molar-refractivity contribution in [3.8, 4) is 11.3 Å². The van der Waals surface area contributed by atoms with Crippen LogP contribution in [0.25, 0.3) is 22.3 Å². The summed E-state index contributed by atoms with van der Waals surface area (Å²) in [5, 5.41) is 4.24. The van der Waals surface area contributed by atoms with Gasteiger partial charge in [0.15, 0.2) is 5.65 Å². The quantitative estimate of drug-likeness (QED) is 0.372. The Hall–Kier alpha value is -3.60. The van der Waals surface area contributed by atoms with Crippen LogP contribution in [0.2, 0.25) is 0 Å². The molecule has 4 aromatic rings. The molecule has 7 nitrogen and oxygen atoms in total. The molecule has 0 bridgehead atoms. The Kier molecular flexibility index (Phi) is 5.87. The van der Waals surface area contributed by atoms with Crippen LogP contribution in [0.4, 0.5) is 23.5 Å². The summed E-state index contributed by atoms with van der Waals surface area (Å²) in [4.78, 5) is 15.7. The van der Waals surface area contributed by atoms with Crippen LogP contribution in [0.1, 0.15) is 36.4 Å². The second-order valence-electron chi connectivity index (χ2n) is 8.63. The molecule has 0 unspecified atom stereocenters. The second-order valence-corrected chi connectivity index (χ2v) is 8.63. The molecule has 0 aliphatic carbocycles. The number of alkyl halides is 2. The van der Waals surface area contributed by atoms with Gasteiger partial charge in [0.05, 0.1) is 24.5 Å². The molecule has 1 aliphatic rings. The summed E-state index contributed by atoms with van der Waals surface area (Å²) in [5.74, 6) is -1.15. The van der Waals surface area contributed by atoms with Crippen LogP contribution in [-0.2, 0) is 4.74 Å². The van der Waals surface area contributed by atoms with Crippen LogP contribution in [-0.4, -0.2) is 43.9 Å². The van der Waals surface area contributed by atoms with Gasteiger partial charge in [-0.05, 0) is 44.5 Å². The third-order valence-corrected chi connectivity index (χ3v) is 6.04. The van der Waals surface area contributed by atoms with Crippen LogP contribution < -0.4 is 4.90 Å². The van der Waals surface area contributed by atoms with Crippen molar-refractivity contribution in [2.75, 3.05) is 18.0 Å². The van der Waals surface area contributed by atoms with E-state index in [9.17, 15) is 17.6 Å². The second kappa shape index (κ2) is 8.88. The van der Waals surface area contributed by atoms with Gasteiger partial charge < -0.3 is 9.64 Å². The number of nitrogens with zero attached hydrogens (tertiary/aromatic N) is 6. The molecule has 0 radical (unpaired) electrons. The summed E-state index contributed by atoms with van der Waals surface area (Å²) < 4.78 is 61.0.